The second-order valence-electron chi connectivity index (χ2n) is 3.17. The van der Waals surface area contributed by atoms with Gasteiger partial charge < -0.3 is 10.5 Å². The van der Waals surface area contributed by atoms with E-state index in [-0.39, 0.29) is 6.04 Å². The molecular weight excluding hydrogens is 150 g/mol. The van der Waals surface area contributed by atoms with Crippen LogP contribution in [0.4, 0.5) is 0 Å². The molecule has 0 amide bonds. The zero-order valence-electron chi connectivity index (χ0n) is 7.21. The zero-order valence-corrected chi connectivity index (χ0v) is 7.21. The van der Waals surface area contributed by atoms with Crippen LogP contribution in [0.2, 0.25) is 0 Å². The van der Waals surface area contributed by atoms with Crippen molar-refractivity contribution in [3.8, 4) is 5.75 Å². The number of benzene rings is 1. The van der Waals surface area contributed by atoms with Crippen LogP contribution in [0.25, 0.3) is 0 Å². The molecule has 0 aliphatic heterocycles. The molecule has 0 bridgehead atoms. The van der Waals surface area contributed by atoms with Gasteiger partial charge in [0.05, 0.1) is 7.11 Å². The molecule has 1 unspecified atom stereocenters. The molecule has 0 radical (unpaired) electrons. The van der Waals surface area contributed by atoms with Gasteiger partial charge in [-0.25, -0.2) is 0 Å². The third-order valence-electron chi connectivity index (χ3n) is 2.49. The van der Waals surface area contributed by atoms with Gasteiger partial charge in [0, 0.05) is 6.04 Å². The first-order chi connectivity index (χ1) is 5.83. The van der Waals surface area contributed by atoms with Crippen LogP contribution in [-0.2, 0) is 6.42 Å². The molecule has 1 atom stereocenters. The van der Waals surface area contributed by atoms with Gasteiger partial charge in [0.15, 0.2) is 0 Å². The normalized spacial score (nSPS) is 20.7. The van der Waals surface area contributed by atoms with Gasteiger partial charge in [0.2, 0.25) is 0 Å². The molecule has 0 aromatic heterocycles. The molecule has 0 saturated heterocycles. The Morgan fingerprint density at radius 3 is 3.08 bits per heavy atom. The fourth-order valence-electron chi connectivity index (χ4n) is 1.84. The van der Waals surface area contributed by atoms with Crippen LogP contribution in [0.3, 0.4) is 0 Å². The molecule has 0 heterocycles. The number of ether oxygens (including phenoxy) is 1. The zero-order chi connectivity index (χ0) is 8.55. The summed E-state index contributed by atoms with van der Waals surface area (Å²) in [7, 11) is 1.71. The maximum atomic E-state index is 5.91. The van der Waals surface area contributed by atoms with Crippen molar-refractivity contribution in [3.05, 3.63) is 29.3 Å². The highest BCUT2D eigenvalue weighted by molar-refractivity contribution is 5.44. The van der Waals surface area contributed by atoms with Crippen molar-refractivity contribution in [1.82, 2.24) is 0 Å². The van der Waals surface area contributed by atoms with E-state index in [2.05, 4.69) is 6.07 Å². The third-order valence-corrected chi connectivity index (χ3v) is 2.49. The molecule has 2 heteroatoms. The lowest BCUT2D eigenvalue weighted by Gasteiger charge is -2.07. The third kappa shape index (κ3) is 0.994. The largest absolute Gasteiger partial charge is 0.496 e. The molecule has 0 saturated carbocycles. The molecule has 2 N–H and O–H groups in total. The Bertz CT molecular complexity index is 296. The smallest absolute Gasteiger partial charge is 0.122 e. The predicted octanol–water partition coefficient (Wildman–Crippen LogP) is 1.64. The topological polar surface area (TPSA) is 35.2 Å². The van der Waals surface area contributed by atoms with Gasteiger partial charge in [-0.3, -0.25) is 0 Å². The van der Waals surface area contributed by atoms with Gasteiger partial charge in [-0.15, -0.1) is 0 Å². The summed E-state index contributed by atoms with van der Waals surface area (Å²) in [5.41, 5.74) is 8.47. The highest BCUT2D eigenvalue weighted by Gasteiger charge is 2.21. The Morgan fingerprint density at radius 1 is 1.50 bits per heavy atom. The highest BCUT2D eigenvalue weighted by atomic mass is 16.5. The quantitative estimate of drug-likeness (QED) is 0.683. The molecule has 1 aliphatic rings. The van der Waals surface area contributed by atoms with Gasteiger partial charge in [0.25, 0.3) is 0 Å². The van der Waals surface area contributed by atoms with Crippen LogP contribution >= 0.6 is 0 Å². The predicted molar refractivity (Wildman–Crippen MR) is 48.2 cm³/mol. The van der Waals surface area contributed by atoms with E-state index in [9.17, 15) is 0 Å². The van der Waals surface area contributed by atoms with Crippen molar-refractivity contribution < 1.29 is 4.74 Å². The number of nitrogens with two attached hydrogens (primary N) is 1. The van der Waals surface area contributed by atoms with Crippen LogP contribution in [-0.4, -0.2) is 7.11 Å². The molecule has 1 aromatic carbocycles. The van der Waals surface area contributed by atoms with E-state index in [1.54, 1.807) is 7.11 Å². The first-order valence-electron chi connectivity index (χ1n) is 4.24. The Kier molecular flexibility index (Phi) is 1.77. The van der Waals surface area contributed by atoms with Crippen LogP contribution in [0.1, 0.15) is 23.6 Å². The van der Waals surface area contributed by atoms with Crippen LogP contribution < -0.4 is 10.5 Å². The average molecular weight is 163 g/mol. The maximum Gasteiger partial charge on any atom is 0.122 e. The fraction of sp³-hybridized carbons (Fsp3) is 0.400. The monoisotopic (exact) mass is 163 g/mol. The van der Waals surface area contributed by atoms with Crippen molar-refractivity contribution in [2.24, 2.45) is 5.73 Å². The summed E-state index contributed by atoms with van der Waals surface area (Å²) in [4.78, 5) is 0. The summed E-state index contributed by atoms with van der Waals surface area (Å²) in [6.45, 7) is 0. The van der Waals surface area contributed by atoms with Crippen molar-refractivity contribution in [2.75, 3.05) is 7.11 Å². The van der Waals surface area contributed by atoms with E-state index in [1.807, 2.05) is 12.1 Å². The summed E-state index contributed by atoms with van der Waals surface area (Å²) in [6, 6.07) is 6.31. The van der Waals surface area contributed by atoms with Gasteiger partial charge in [-0.2, -0.15) is 0 Å². The Hall–Kier alpha value is -1.02. The lowest BCUT2D eigenvalue weighted by atomic mass is 10.1. The van der Waals surface area contributed by atoms with E-state index in [4.69, 9.17) is 10.5 Å². The Balaban J connectivity index is 2.50. The molecule has 2 rings (SSSR count). The number of fused-ring (bicyclic) bond motifs is 1. The number of hydrogen-bond acceptors (Lipinski definition) is 2. The van der Waals surface area contributed by atoms with Crippen molar-refractivity contribution >= 4 is 0 Å². The summed E-state index contributed by atoms with van der Waals surface area (Å²) in [6.07, 6.45) is 2.11. The second kappa shape index (κ2) is 2.79. The van der Waals surface area contributed by atoms with Gasteiger partial charge in [-0.05, 0) is 30.0 Å². The number of hydrogen-bond donors (Lipinski definition) is 1. The van der Waals surface area contributed by atoms with Gasteiger partial charge in [-0.1, -0.05) is 12.1 Å². The lowest BCUT2D eigenvalue weighted by molar-refractivity contribution is 0.410. The molecule has 1 aromatic rings. The van der Waals surface area contributed by atoms with Crippen LogP contribution in [0.5, 0.6) is 5.75 Å². The van der Waals surface area contributed by atoms with E-state index in [1.165, 1.54) is 11.1 Å². The summed E-state index contributed by atoms with van der Waals surface area (Å²) < 4.78 is 5.25. The molecule has 12 heavy (non-hydrogen) atoms. The van der Waals surface area contributed by atoms with Gasteiger partial charge >= 0.3 is 0 Å². The molecule has 0 spiro atoms. The Labute approximate surface area is 72.3 Å². The molecule has 64 valence electrons. The van der Waals surface area contributed by atoms with Crippen LogP contribution in [0.15, 0.2) is 18.2 Å². The van der Waals surface area contributed by atoms with Crippen molar-refractivity contribution in [2.45, 2.75) is 18.9 Å². The van der Waals surface area contributed by atoms with Gasteiger partial charge in [0.1, 0.15) is 5.75 Å². The minimum atomic E-state index is 0.218. The van der Waals surface area contributed by atoms with E-state index >= 15 is 0 Å². The summed E-state index contributed by atoms with van der Waals surface area (Å²) in [5.74, 6) is 0.987. The number of methoxy groups -OCH3 is 1. The minimum absolute atomic E-state index is 0.218. The average Bonchev–Trinajstić information content (AvgIpc) is 2.48. The minimum Gasteiger partial charge on any atom is -0.496 e. The number of rotatable bonds is 1. The van der Waals surface area contributed by atoms with E-state index in [0.717, 1.165) is 18.6 Å². The van der Waals surface area contributed by atoms with E-state index < -0.39 is 0 Å². The lowest BCUT2D eigenvalue weighted by Crippen LogP contribution is -2.04. The molecule has 2 nitrogen and oxygen atoms in total. The van der Waals surface area contributed by atoms with Crippen LogP contribution in [0, 0.1) is 0 Å². The SMILES string of the molecule is COc1cccc2c1CCC2N. The maximum absolute atomic E-state index is 5.91. The Morgan fingerprint density at radius 2 is 2.33 bits per heavy atom. The first-order valence-corrected chi connectivity index (χ1v) is 4.24. The first kappa shape index (κ1) is 7.62. The van der Waals surface area contributed by atoms with Crippen molar-refractivity contribution in [3.63, 3.8) is 0 Å². The molecule has 0 fully saturated rings. The standard InChI is InChI=1S/C10H13NO/c1-12-10-4-2-3-7-8(10)5-6-9(7)11/h2-4,9H,5-6,11H2,1H3. The molecular formula is C10H13NO. The van der Waals surface area contributed by atoms with E-state index in [0.29, 0.717) is 0 Å². The summed E-state index contributed by atoms with van der Waals surface area (Å²) in [5, 5.41) is 0. The molecule has 1 aliphatic carbocycles. The summed E-state index contributed by atoms with van der Waals surface area (Å²) >= 11 is 0. The fourth-order valence-corrected chi connectivity index (χ4v) is 1.84. The van der Waals surface area contributed by atoms with Crippen molar-refractivity contribution in [1.29, 1.82) is 0 Å². The highest BCUT2D eigenvalue weighted by Crippen LogP contribution is 2.34. The second-order valence-corrected chi connectivity index (χ2v) is 3.17.